The lowest BCUT2D eigenvalue weighted by Gasteiger charge is -2.26. The minimum absolute atomic E-state index is 0.0300. The molecule has 0 aromatic heterocycles. The van der Waals surface area contributed by atoms with Crippen LogP contribution in [0.3, 0.4) is 0 Å². The van der Waals surface area contributed by atoms with Crippen molar-refractivity contribution in [3.63, 3.8) is 0 Å². The van der Waals surface area contributed by atoms with Crippen LogP contribution < -0.4 is 9.47 Å². The number of likely N-dealkylation sites (tertiary alicyclic amines) is 1. The van der Waals surface area contributed by atoms with Crippen LogP contribution in [-0.2, 0) is 14.3 Å². The summed E-state index contributed by atoms with van der Waals surface area (Å²) in [6.45, 7) is 4.07. The number of hydrogen-bond donors (Lipinski definition) is 2. The molecule has 0 saturated carbocycles. The fourth-order valence-corrected chi connectivity index (χ4v) is 3.93. The number of nitrogens with zero attached hydrogens (tertiary/aromatic N) is 1. The molecule has 0 radical (unpaired) electrons. The molecule has 8 nitrogen and oxygen atoms in total. The predicted octanol–water partition coefficient (Wildman–Crippen LogP) is 3.91. The lowest BCUT2D eigenvalue weighted by molar-refractivity contribution is -0.140. The van der Waals surface area contributed by atoms with E-state index in [0.717, 1.165) is 0 Å². The zero-order chi connectivity index (χ0) is 24.3. The summed E-state index contributed by atoms with van der Waals surface area (Å²) in [5, 5.41) is 21.1. The third-order valence-electron chi connectivity index (χ3n) is 5.26. The number of benzene rings is 2. The molecule has 2 aromatic carbocycles. The maximum atomic E-state index is 13.1. The second-order valence-corrected chi connectivity index (χ2v) is 8.10. The zero-order valence-corrected chi connectivity index (χ0v) is 19.5. The molecule has 2 N–H and O–H groups in total. The molecule has 0 spiro atoms. The van der Waals surface area contributed by atoms with Gasteiger partial charge < -0.3 is 29.3 Å². The Balaban J connectivity index is 2.17. The van der Waals surface area contributed by atoms with E-state index in [0.29, 0.717) is 11.3 Å². The SMILES string of the molecule is COc1cc(OC)c(/C(O)=C2\C(=O)C(=O)N(CCOC(C)C)C2c2ccc(O)cc2)cc1Cl. The molecule has 1 saturated heterocycles. The minimum Gasteiger partial charge on any atom is -0.508 e. The van der Waals surface area contributed by atoms with Crippen LogP contribution in [0.5, 0.6) is 17.2 Å². The van der Waals surface area contributed by atoms with E-state index in [1.165, 1.54) is 43.4 Å². The summed E-state index contributed by atoms with van der Waals surface area (Å²) >= 11 is 6.25. The second kappa shape index (κ2) is 10.1. The first-order valence-electron chi connectivity index (χ1n) is 10.3. The van der Waals surface area contributed by atoms with Gasteiger partial charge in [-0.2, -0.15) is 0 Å². The maximum absolute atomic E-state index is 13.1. The average Bonchev–Trinajstić information content (AvgIpc) is 3.03. The Kier molecular flexibility index (Phi) is 7.50. The summed E-state index contributed by atoms with van der Waals surface area (Å²) in [6, 6.07) is 8.08. The molecular formula is C24H26ClNO7. The quantitative estimate of drug-likeness (QED) is 0.338. The molecule has 176 valence electrons. The molecule has 9 heteroatoms. The van der Waals surface area contributed by atoms with Crippen LogP contribution in [0.1, 0.15) is 31.0 Å². The number of amides is 1. The fraction of sp³-hybridized carbons (Fsp3) is 0.333. The van der Waals surface area contributed by atoms with Crippen LogP contribution in [-0.4, -0.2) is 60.3 Å². The first kappa shape index (κ1) is 24.4. The van der Waals surface area contributed by atoms with Crippen LogP contribution >= 0.6 is 11.6 Å². The van der Waals surface area contributed by atoms with Crippen molar-refractivity contribution in [1.82, 2.24) is 4.90 Å². The number of carbonyl (C=O) groups excluding carboxylic acids is 2. The van der Waals surface area contributed by atoms with Gasteiger partial charge in [-0.25, -0.2) is 0 Å². The van der Waals surface area contributed by atoms with Crippen molar-refractivity contribution in [3.8, 4) is 17.2 Å². The number of ether oxygens (including phenoxy) is 3. The molecule has 1 fully saturated rings. The van der Waals surface area contributed by atoms with Crippen LogP contribution in [0.15, 0.2) is 42.0 Å². The first-order chi connectivity index (χ1) is 15.7. The number of aromatic hydroxyl groups is 1. The van der Waals surface area contributed by atoms with E-state index >= 15 is 0 Å². The third-order valence-corrected chi connectivity index (χ3v) is 5.56. The Morgan fingerprint density at radius 3 is 2.30 bits per heavy atom. The number of aliphatic hydroxyl groups is 1. The van der Waals surface area contributed by atoms with Crippen molar-refractivity contribution in [2.75, 3.05) is 27.4 Å². The van der Waals surface area contributed by atoms with E-state index in [4.69, 9.17) is 25.8 Å². The number of aliphatic hydroxyl groups excluding tert-OH is 1. The number of phenolic OH excluding ortho intramolecular Hbond substituents is 1. The average molecular weight is 476 g/mol. The standard InChI is InChI=1S/C24H26ClNO7/c1-13(2)33-10-9-26-21(14-5-7-15(27)8-6-14)20(23(29)24(26)30)22(28)16-11-17(25)19(32-4)12-18(16)31-3/h5-8,11-13,21,27-28H,9-10H2,1-4H3/b22-20+. The Hall–Kier alpha value is -3.23. The molecule has 33 heavy (non-hydrogen) atoms. The van der Waals surface area contributed by atoms with Crippen molar-refractivity contribution in [1.29, 1.82) is 0 Å². The van der Waals surface area contributed by atoms with Gasteiger partial charge >= 0.3 is 0 Å². The van der Waals surface area contributed by atoms with Crippen LogP contribution in [0.2, 0.25) is 5.02 Å². The lowest BCUT2D eigenvalue weighted by atomic mass is 9.95. The Morgan fingerprint density at radius 2 is 1.73 bits per heavy atom. The molecule has 1 aliphatic rings. The summed E-state index contributed by atoms with van der Waals surface area (Å²) in [6.07, 6.45) is -0.0559. The molecular weight excluding hydrogens is 450 g/mol. The topological polar surface area (TPSA) is 106 Å². The van der Waals surface area contributed by atoms with Gasteiger partial charge in [-0.3, -0.25) is 9.59 Å². The minimum atomic E-state index is -0.896. The van der Waals surface area contributed by atoms with Gasteiger partial charge in [0.2, 0.25) is 0 Å². The van der Waals surface area contributed by atoms with Gasteiger partial charge in [-0.1, -0.05) is 23.7 Å². The molecule has 0 bridgehead atoms. The zero-order valence-electron chi connectivity index (χ0n) is 18.8. The van der Waals surface area contributed by atoms with E-state index in [9.17, 15) is 19.8 Å². The smallest absolute Gasteiger partial charge is 0.295 e. The van der Waals surface area contributed by atoms with Crippen molar-refractivity contribution in [2.24, 2.45) is 0 Å². The number of rotatable bonds is 8. The van der Waals surface area contributed by atoms with Crippen LogP contribution in [0.25, 0.3) is 5.76 Å². The second-order valence-electron chi connectivity index (χ2n) is 7.69. The highest BCUT2D eigenvalue weighted by molar-refractivity contribution is 6.46. The van der Waals surface area contributed by atoms with Crippen molar-refractivity contribution >= 4 is 29.1 Å². The van der Waals surface area contributed by atoms with E-state index in [2.05, 4.69) is 0 Å². The fourth-order valence-electron chi connectivity index (χ4n) is 3.69. The van der Waals surface area contributed by atoms with Gasteiger partial charge in [-0.15, -0.1) is 0 Å². The molecule has 1 atom stereocenters. The third kappa shape index (κ3) is 4.91. The van der Waals surface area contributed by atoms with E-state index < -0.39 is 23.5 Å². The number of carbonyl (C=O) groups is 2. The highest BCUT2D eigenvalue weighted by Gasteiger charge is 2.46. The predicted molar refractivity (Wildman–Crippen MR) is 123 cm³/mol. The summed E-state index contributed by atoms with van der Waals surface area (Å²) in [5.74, 6) is -1.47. The molecule has 1 unspecified atom stereocenters. The summed E-state index contributed by atoms with van der Waals surface area (Å²) in [5.41, 5.74) is 0.565. The first-order valence-corrected chi connectivity index (χ1v) is 10.7. The van der Waals surface area contributed by atoms with Crippen molar-refractivity contribution in [2.45, 2.75) is 26.0 Å². The van der Waals surface area contributed by atoms with Crippen molar-refractivity contribution < 1.29 is 34.0 Å². The normalized spacial score (nSPS) is 17.6. The number of Topliss-reactive ketones (excluding diaryl/α,β-unsaturated/α-hetero) is 1. The number of phenols is 1. The highest BCUT2D eigenvalue weighted by Crippen LogP contribution is 2.43. The molecule has 3 rings (SSSR count). The highest BCUT2D eigenvalue weighted by atomic mass is 35.5. The molecule has 1 amide bonds. The number of methoxy groups -OCH3 is 2. The molecule has 0 aliphatic carbocycles. The number of halogens is 1. The monoisotopic (exact) mass is 475 g/mol. The largest absolute Gasteiger partial charge is 0.508 e. The van der Waals surface area contributed by atoms with Crippen LogP contribution in [0.4, 0.5) is 0 Å². The summed E-state index contributed by atoms with van der Waals surface area (Å²) < 4.78 is 16.1. The Morgan fingerprint density at radius 1 is 1.09 bits per heavy atom. The van der Waals surface area contributed by atoms with Gasteiger partial charge in [-0.05, 0) is 37.6 Å². The number of hydrogen-bond acceptors (Lipinski definition) is 7. The van der Waals surface area contributed by atoms with E-state index in [1.807, 2.05) is 13.8 Å². The Bertz CT molecular complexity index is 1080. The van der Waals surface area contributed by atoms with E-state index in [-0.39, 0.29) is 46.9 Å². The van der Waals surface area contributed by atoms with Gasteiger partial charge in [0, 0.05) is 12.6 Å². The van der Waals surface area contributed by atoms with Gasteiger partial charge in [0.1, 0.15) is 23.0 Å². The van der Waals surface area contributed by atoms with Gasteiger partial charge in [0.25, 0.3) is 11.7 Å². The number of ketones is 1. The summed E-state index contributed by atoms with van der Waals surface area (Å²) in [4.78, 5) is 27.4. The van der Waals surface area contributed by atoms with Crippen LogP contribution in [0, 0.1) is 0 Å². The molecule has 1 aliphatic heterocycles. The lowest BCUT2D eigenvalue weighted by Crippen LogP contribution is -2.33. The van der Waals surface area contributed by atoms with Gasteiger partial charge in [0.15, 0.2) is 0 Å². The Labute approximate surface area is 196 Å². The maximum Gasteiger partial charge on any atom is 0.295 e. The molecule has 2 aromatic rings. The summed E-state index contributed by atoms with van der Waals surface area (Å²) in [7, 11) is 2.84. The van der Waals surface area contributed by atoms with E-state index in [1.54, 1.807) is 12.1 Å². The van der Waals surface area contributed by atoms with Gasteiger partial charge in [0.05, 0.1) is 49.1 Å². The molecule has 1 heterocycles. The van der Waals surface area contributed by atoms with Crippen molar-refractivity contribution in [3.05, 3.63) is 58.1 Å².